The van der Waals surface area contributed by atoms with Gasteiger partial charge in [-0.3, -0.25) is 4.90 Å². The molecule has 0 aliphatic heterocycles. The van der Waals surface area contributed by atoms with E-state index < -0.39 is 0 Å². The monoisotopic (exact) mass is 166 g/mol. The van der Waals surface area contributed by atoms with Gasteiger partial charge >= 0.3 is 0 Å². The maximum atomic E-state index is 8.91. The van der Waals surface area contributed by atoms with Crippen molar-refractivity contribution >= 4 is 0 Å². The molecule has 0 heterocycles. The fraction of sp³-hybridized carbons (Fsp3) is 0.900. The molecule has 1 fully saturated rings. The van der Waals surface area contributed by atoms with E-state index in [1.54, 1.807) is 0 Å². The lowest BCUT2D eigenvalue weighted by molar-refractivity contribution is 0.219. The highest BCUT2D eigenvalue weighted by Gasteiger charge is 2.32. The van der Waals surface area contributed by atoms with E-state index in [4.69, 9.17) is 5.26 Å². The van der Waals surface area contributed by atoms with Gasteiger partial charge in [0.15, 0.2) is 0 Å². The van der Waals surface area contributed by atoms with Crippen molar-refractivity contribution in [3.63, 3.8) is 0 Å². The molecule has 0 aromatic heterocycles. The summed E-state index contributed by atoms with van der Waals surface area (Å²) in [6.45, 7) is 5.37. The Morgan fingerprint density at radius 2 is 2.17 bits per heavy atom. The van der Waals surface area contributed by atoms with E-state index in [-0.39, 0.29) is 6.04 Å². The molecular weight excluding hydrogens is 148 g/mol. The molecule has 1 saturated carbocycles. The van der Waals surface area contributed by atoms with Gasteiger partial charge in [0.2, 0.25) is 0 Å². The van der Waals surface area contributed by atoms with Gasteiger partial charge < -0.3 is 0 Å². The molecule has 0 saturated heterocycles. The SMILES string of the molecule is CCCN(C(C#N)CC)C1CC1. The average Bonchev–Trinajstić information content (AvgIpc) is 2.88. The molecule has 2 nitrogen and oxygen atoms in total. The van der Waals surface area contributed by atoms with Crippen LogP contribution in [0.25, 0.3) is 0 Å². The molecule has 12 heavy (non-hydrogen) atoms. The Morgan fingerprint density at radius 1 is 1.50 bits per heavy atom. The van der Waals surface area contributed by atoms with Crippen molar-refractivity contribution in [2.75, 3.05) is 6.54 Å². The van der Waals surface area contributed by atoms with Gasteiger partial charge in [-0.25, -0.2) is 0 Å². The van der Waals surface area contributed by atoms with Gasteiger partial charge in [0.05, 0.1) is 12.1 Å². The molecule has 1 rings (SSSR count). The van der Waals surface area contributed by atoms with Crippen LogP contribution in [0.5, 0.6) is 0 Å². The number of rotatable bonds is 5. The van der Waals surface area contributed by atoms with E-state index in [1.165, 1.54) is 12.8 Å². The summed E-state index contributed by atoms with van der Waals surface area (Å²) in [6.07, 6.45) is 4.73. The van der Waals surface area contributed by atoms with Gasteiger partial charge in [-0.1, -0.05) is 13.8 Å². The molecule has 0 amide bonds. The maximum Gasteiger partial charge on any atom is 0.0977 e. The Morgan fingerprint density at radius 3 is 2.50 bits per heavy atom. The highest BCUT2D eigenvalue weighted by molar-refractivity contribution is 4.97. The van der Waals surface area contributed by atoms with Gasteiger partial charge in [0, 0.05) is 6.04 Å². The third-order valence-electron chi connectivity index (χ3n) is 2.43. The summed E-state index contributed by atoms with van der Waals surface area (Å²) in [6, 6.07) is 3.28. The van der Waals surface area contributed by atoms with Crippen LogP contribution < -0.4 is 0 Å². The summed E-state index contributed by atoms with van der Waals surface area (Å²) in [4.78, 5) is 2.38. The van der Waals surface area contributed by atoms with Gasteiger partial charge in [0.1, 0.15) is 0 Å². The lowest BCUT2D eigenvalue weighted by Gasteiger charge is -2.25. The van der Waals surface area contributed by atoms with Crippen molar-refractivity contribution in [1.82, 2.24) is 4.90 Å². The lowest BCUT2D eigenvalue weighted by Crippen LogP contribution is -2.36. The summed E-state index contributed by atoms with van der Waals surface area (Å²) in [5.74, 6) is 0. The van der Waals surface area contributed by atoms with Crippen LogP contribution >= 0.6 is 0 Å². The Labute approximate surface area is 75.2 Å². The van der Waals surface area contributed by atoms with Crippen LogP contribution in [-0.2, 0) is 0 Å². The first-order valence-corrected chi connectivity index (χ1v) is 4.98. The molecule has 1 atom stereocenters. The molecule has 2 heteroatoms. The maximum absolute atomic E-state index is 8.91. The molecule has 68 valence electrons. The van der Waals surface area contributed by atoms with Crippen molar-refractivity contribution in [2.45, 2.75) is 51.6 Å². The molecule has 0 spiro atoms. The van der Waals surface area contributed by atoms with Crippen LogP contribution in [0.1, 0.15) is 39.5 Å². The highest BCUT2D eigenvalue weighted by atomic mass is 15.2. The van der Waals surface area contributed by atoms with Gasteiger partial charge in [0.25, 0.3) is 0 Å². The van der Waals surface area contributed by atoms with E-state index in [0.29, 0.717) is 0 Å². The summed E-state index contributed by atoms with van der Waals surface area (Å²) in [5.41, 5.74) is 0. The minimum Gasteiger partial charge on any atom is -0.285 e. The van der Waals surface area contributed by atoms with E-state index in [2.05, 4.69) is 24.8 Å². The molecule has 0 bridgehead atoms. The van der Waals surface area contributed by atoms with E-state index in [1.807, 2.05) is 0 Å². The minimum absolute atomic E-state index is 0.164. The predicted octanol–water partition coefficient (Wildman–Crippen LogP) is 2.16. The molecule has 1 aliphatic carbocycles. The third-order valence-corrected chi connectivity index (χ3v) is 2.43. The zero-order chi connectivity index (χ0) is 8.97. The predicted molar refractivity (Wildman–Crippen MR) is 49.7 cm³/mol. The minimum atomic E-state index is 0.164. The van der Waals surface area contributed by atoms with E-state index in [0.717, 1.165) is 25.4 Å². The smallest absolute Gasteiger partial charge is 0.0977 e. The normalized spacial score (nSPS) is 19.2. The summed E-state index contributed by atoms with van der Waals surface area (Å²) >= 11 is 0. The van der Waals surface area contributed by atoms with Crippen LogP contribution in [0.2, 0.25) is 0 Å². The van der Waals surface area contributed by atoms with Gasteiger partial charge in [-0.2, -0.15) is 5.26 Å². The zero-order valence-corrected chi connectivity index (χ0v) is 8.08. The molecule has 0 radical (unpaired) electrons. The van der Waals surface area contributed by atoms with Gasteiger partial charge in [-0.15, -0.1) is 0 Å². The first-order chi connectivity index (χ1) is 5.83. The number of nitrogens with zero attached hydrogens (tertiary/aromatic N) is 2. The topological polar surface area (TPSA) is 27.0 Å². The lowest BCUT2D eigenvalue weighted by atomic mass is 10.2. The van der Waals surface area contributed by atoms with Crippen LogP contribution in [-0.4, -0.2) is 23.5 Å². The van der Waals surface area contributed by atoms with Crippen molar-refractivity contribution in [2.24, 2.45) is 0 Å². The number of hydrogen-bond acceptors (Lipinski definition) is 2. The molecule has 1 aliphatic rings. The second kappa shape index (κ2) is 4.47. The molecule has 1 unspecified atom stereocenters. The van der Waals surface area contributed by atoms with Crippen LogP contribution in [0.15, 0.2) is 0 Å². The fourth-order valence-corrected chi connectivity index (χ4v) is 1.66. The second-order valence-electron chi connectivity index (χ2n) is 3.52. The van der Waals surface area contributed by atoms with Crippen molar-refractivity contribution < 1.29 is 0 Å². The largest absolute Gasteiger partial charge is 0.285 e. The van der Waals surface area contributed by atoms with Crippen LogP contribution in [0, 0.1) is 11.3 Å². The van der Waals surface area contributed by atoms with E-state index in [9.17, 15) is 0 Å². The fourth-order valence-electron chi connectivity index (χ4n) is 1.66. The Balaban J connectivity index is 2.45. The summed E-state index contributed by atoms with van der Waals surface area (Å²) in [7, 11) is 0. The van der Waals surface area contributed by atoms with Crippen molar-refractivity contribution in [3.8, 4) is 6.07 Å². The third kappa shape index (κ3) is 2.22. The second-order valence-corrected chi connectivity index (χ2v) is 3.52. The Bertz CT molecular complexity index is 167. The zero-order valence-electron chi connectivity index (χ0n) is 8.08. The molecule has 0 N–H and O–H groups in total. The van der Waals surface area contributed by atoms with Crippen molar-refractivity contribution in [3.05, 3.63) is 0 Å². The quantitative estimate of drug-likeness (QED) is 0.626. The standard InChI is InChI=1S/C10H18N2/c1-3-7-12(10-5-6-10)9(4-2)8-11/h9-10H,3-7H2,1-2H3. The van der Waals surface area contributed by atoms with Gasteiger partial charge in [-0.05, 0) is 32.2 Å². The first-order valence-electron chi connectivity index (χ1n) is 4.98. The molecular formula is C10H18N2. The Hall–Kier alpha value is -0.550. The average molecular weight is 166 g/mol. The Kier molecular flexibility index (Phi) is 3.55. The van der Waals surface area contributed by atoms with Crippen LogP contribution in [0.4, 0.5) is 0 Å². The molecule has 0 aromatic rings. The number of hydrogen-bond donors (Lipinski definition) is 0. The highest BCUT2D eigenvalue weighted by Crippen LogP contribution is 2.29. The summed E-state index contributed by atoms with van der Waals surface area (Å²) < 4.78 is 0. The van der Waals surface area contributed by atoms with Crippen LogP contribution in [0.3, 0.4) is 0 Å². The summed E-state index contributed by atoms with van der Waals surface area (Å²) in [5, 5.41) is 8.91. The number of nitriles is 1. The van der Waals surface area contributed by atoms with Crippen molar-refractivity contribution in [1.29, 1.82) is 5.26 Å². The van der Waals surface area contributed by atoms with E-state index >= 15 is 0 Å². The molecule has 0 aromatic carbocycles. The first kappa shape index (κ1) is 9.54.